The Morgan fingerprint density at radius 1 is 1.23 bits per heavy atom. The Balaban J connectivity index is 2.52. The largest absolute Gasteiger partial charge is 0.494 e. The first-order chi connectivity index (χ1) is 10.3. The van der Waals surface area contributed by atoms with Gasteiger partial charge in [-0.15, -0.1) is 0 Å². The summed E-state index contributed by atoms with van der Waals surface area (Å²) in [6.45, 7) is 1.44. The van der Waals surface area contributed by atoms with E-state index in [2.05, 4.69) is 4.99 Å². The number of aliphatic imine (C=N–C) groups is 1. The molecular weight excluding hydrogens is 286 g/mol. The van der Waals surface area contributed by atoms with Crippen LogP contribution in [0.25, 0.3) is 0 Å². The fourth-order valence-corrected chi connectivity index (χ4v) is 1.92. The van der Waals surface area contributed by atoms with Crippen LogP contribution in [0.15, 0.2) is 38.8 Å². The van der Waals surface area contributed by atoms with E-state index < -0.39 is 17.1 Å². The summed E-state index contributed by atoms with van der Waals surface area (Å²) in [7, 11) is 2.67. The van der Waals surface area contributed by atoms with Crippen molar-refractivity contribution in [2.45, 2.75) is 6.92 Å². The highest BCUT2D eigenvalue weighted by atomic mass is 16.3. The average Bonchev–Trinajstić information content (AvgIpc) is 2.51. The van der Waals surface area contributed by atoms with Gasteiger partial charge in [0.1, 0.15) is 5.56 Å². The van der Waals surface area contributed by atoms with Gasteiger partial charge in [0.2, 0.25) is 5.88 Å². The molecule has 114 valence electrons. The second-order valence-electron chi connectivity index (χ2n) is 4.81. The molecule has 0 atom stereocenters. The average molecular weight is 301 g/mol. The smallest absolute Gasteiger partial charge is 0.333 e. The molecule has 1 aromatic carbocycles. The summed E-state index contributed by atoms with van der Waals surface area (Å²) in [4.78, 5) is 39.1. The van der Waals surface area contributed by atoms with Crippen LogP contribution in [0.3, 0.4) is 0 Å². The van der Waals surface area contributed by atoms with E-state index in [0.29, 0.717) is 11.3 Å². The zero-order chi connectivity index (χ0) is 16.4. The SMILES string of the molecule is CC(=O)c1cccc(N=Cc2c(O)n(C)c(=O)n(C)c2=O)c1. The highest BCUT2D eigenvalue weighted by molar-refractivity contribution is 5.95. The van der Waals surface area contributed by atoms with Gasteiger partial charge in [0.15, 0.2) is 5.78 Å². The number of benzene rings is 1. The molecule has 0 aliphatic rings. The fraction of sp³-hybridized carbons (Fsp3) is 0.200. The molecule has 2 aromatic rings. The van der Waals surface area contributed by atoms with Crippen molar-refractivity contribution in [2.24, 2.45) is 19.1 Å². The molecule has 7 heteroatoms. The van der Waals surface area contributed by atoms with Crippen LogP contribution in [0.5, 0.6) is 5.88 Å². The lowest BCUT2D eigenvalue weighted by molar-refractivity contribution is 0.101. The first-order valence-electron chi connectivity index (χ1n) is 6.47. The van der Waals surface area contributed by atoms with E-state index >= 15 is 0 Å². The number of aromatic hydroxyl groups is 1. The predicted octanol–water partition coefficient (Wildman–Crippen LogP) is 0.743. The molecule has 7 nitrogen and oxygen atoms in total. The first-order valence-corrected chi connectivity index (χ1v) is 6.47. The van der Waals surface area contributed by atoms with Crippen LogP contribution in [-0.4, -0.2) is 26.2 Å². The minimum absolute atomic E-state index is 0.0991. The van der Waals surface area contributed by atoms with E-state index in [1.54, 1.807) is 24.3 Å². The van der Waals surface area contributed by atoms with E-state index in [1.165, 1.54) is 27.2 Å². The Morgan fingerprint density at radius 3 is 2.55 bits per heavy atom. The van der Waals surface area contributed by atoms with Crippen molar-refractivity contribution in [3.8, 4) is 5.88 Å². The van der Waals surface area contributed by atoms with Crippen LogP contribution in [0.2, 0.25) is 0 Å². The highest BCUT2D eigenvalue weighted by Crippen LogP contribution is 2.15. The summed E-state index contributed by atoms with van der Waals surface area (Å²) in [5.41, 5.74) is -0.418. The first kappa shape index (κ1) is 15.4. The molecule has 0 unspecified atom stereocenters. The molecule has 1 aromatic heterocycles. The van der Waals surface area contributed by atoms with Crippen molar-refractivity contribution in [1.82, 2.24) is 9.13 Å². The Kier molecular flexibility index (Phi) is 4.07. The summed E-state index contributed by atoms with van der Waals surface area (Å²) in [5, 5.41) is 9.91. The third-order valence-electron chi connectivity index (χ3n) is 3.26. The van der Waals surface area contributed by atoms with Gasteiger partial charge in [-0.1, -0.05) is 12.1 Å². The maximum atomic E-state index is 12.0. The molecule has 0 saturated heterocycles. The van der Waals surface area contributed by atoms with Gasteiger partial charge in [-0.05, 0) is 19.1 Å². The molecule has 0 aliphatic carbocycles. The van der Waals surface area contributed by atoms with Crippen molar-refractivity contribution in [3.63, 3.8) is 0 Å². The minimum atomic E-state index is -0.646. The molecule has 0 saturated carbocycles. The van der Waals surface area contributed by atoms with Crippen LogP contribution in [0.4, 0.5) is 5.69 Å². The predicted molar refractivity (Wildman–Crippen MR) is 82.3 cm³/mol. The highest BCUT2D eigenvalue weighted by Gasteiger charge is 2.12. The van der Waals surface area contributed by atoms with Crippen LogP contribution in [0.1, 0.15) is 22.8 Å². The normalized spacial score (nSPS) is 11.0. The molecule has 0 amide bonds. The topological polar surface area (TPSA) is 93.7 Å². The Labute approximate surface area is 125 Å². The maximum absolute atomic E-state index is 12.0. The van der Waals surface area contributed by atoms with Crippen molar-refractivity contribution < 1.29 is 9.90 Å². The number of ketones is 1. The van der Waals surface area contributed by atoms with Crippen LogP contribution < -0.4 is 11.2 Å². The Morgan fingerprint density at radius 2 is 1.91 bits per heavy atom. The van der Waals surface area contributed by atoms with Gasteiger partial charge in [0.25, 0.3) is 5.56 Å². The number of carbonyl (C=O) groups is 1. The monoisotopic (exact) mass is 301 g/mol. The van der Waals surface area contributed by atoms with Gasteiger partial charge < -0.3 is 5.11 Å². The third-order valence-corrected chi connectivity index (χ3v) is 3.26. The lowest BCUT2D eigenvalue weighted by atomic mass is 10.1. The zero-order valence-electron chi connectivity index (χ0n) is 12.4. The van der Waals surface area contributed by atoms with E-state index in [4.69, 9.17) is 0 Å². The standard InChI is InChI=1S/C15H15N3O4/c1-9(19)10-5-4-6-11(7-10)16-8-12-13(20)17(2)15(22)18(3)14(12)21/h4-8,20H,1-3H3. The number of hydrogen-bond acceptors (Lipinski definition) is 5. The summed E-state index contributed by atoms with van der Waals surface area (Å²) in [6, 6.07) is 6.56. The second-order valence-corrected chi connectivity index (χ2v) is 4.81. The summed E-state index contributed by atoms with van der Waals surface area (Å²) < 4.78 is 1.84. The molecule has 0 spiro atoms. The van der Waals surface area contributed by atoms with Crippen LogP contribution in [-0.2, 0) is 14.1 Å². The molecular formula is C15H15N3O4. The van der Waals surface area contributed by atoms with Gasteiger partial charge in [-0.3, -0.25) is 23.7 Å². The lowest BCUT2D eigenvalue weighted by Crippen LogP contribution is -2.38. The van der Waals surface area contributed by atoms with E-state index in [-0.39, 0.29) is 11.3 Å². The number of nitrogens with zero attached hydrogens (tertiary/aromatic N) is 3. The van der Waals surface area contributed by atoms with E-state index in [9.17, 15) is 19.5 Å². The maximum Gasteiger partial charge on any atom is 0.333 e. The number of hydrogen-bond donors (Lipinski definition) is 1. The number of Topliss-reactive ketones (excluding diaryl/α,β-unsaturated/α-hetero) is 1. The van der Waals surface area contributed by atoms with Crippen LogP contribution in [0, 0.1) is 0 Å². The molecule has 22 heavy (non-hydrogen) atoms. The lowest BCUT2D eigenvalue weighted by Gasteiger charge is -2.07. The molecule has 0 radical (unpaired) electrons. The zero-order valence-corrected chi connectivity index (χ0v) is 12.4. The minimum Gasteiger partial charge on any atom is -0.494 e. The van der Waals surface area contributed by atoms with Gasteiger partial charge in [0, 0.05) is 25.9 Å². The van der Waals surface area contributed by atoms with Crippen molar-refractivity contribution in [3.05, 3.63) is 56.2 Å². The van der Waals surface area contributed by atoms with Gasteiger partial charge in [-0.25, -0.2) is 4.79 Å². The number of aromatic nitrogens is 2. The van der Waals surface area contributed by atoms with Crippen molar-refractivity contribution in [1.29, 1.82) is 0 Å². The molecule has 1 N–H and O–H groups in total. The van der Waals surface area contributed by atoms with E-state index in [0.717, 1.165) is 9.13 Å². The van der Waals surface area contributed by atoms with Gasteiger partial charge in [-0.2, -0.15) is 0 Å². The fourth-order valence-electron chi connectivity index (χ4n) is 1.92. The molecule has 0 bridgehead atoms. The third kappa shape index (κ3) is 2.73. The number of carbonyl (C=O) groups excluding carboxylic acids is 1. The summed E-state index contributed by atoms with van der Waals surface area (Å²) in [6.07, 6.45) is 1.18. The summed E-state index contributed by atoms with van der Waals surface area (Å²) >= 11 is 0. The quantitative estimate of drug-likeness (QED) is 0.668. The summed E-state index contributed by atoms with van der Waals surface area (Å²) in [5.74, 6) is -0.558. The molecule has 0 fully saturated rings. The second kappa shape index (κ2) is 5.80. The van der Waals surface area contributed by atoms with Gasteiger partial charge >= 0.3 is 5.69 Å². The van der Waals surface area contributed by atoms with E-state index in [1.807, 2.05) is 0 Å². The molecule has 2 rings (SSSR count). The molecule has 1 heterocycles. The van der Waals surface area contributed by atoms with Crippen molar-refractivity contribution >= 4 is 17.7 Å². The molecule has 0 aliphatic heterocycles. The Hall–Kier alpha value is -2.96. The number of rotatable bonds is 3. The van der Waals surface area contributed by atoms with Crippen LogP contribution >= 0.6 is 0 Å². The van der Waals surface area contributed by atoms with Crippen molar-refractivity contribution in [2.75, 3.05) is 0 Å². The Bertz CT molecular complexity index is 891. The van der Waals surface area contributed by atoms with Gasteiger partial charge in [0.05, 0.1) is 5.69 Å².